The van der Waals surface area contributed by atoms with Crippen molar-refractivity contribution < 1.29 is 19.1 Å². The Morgan fingerprint density at radius 1 is 1.36 bits per heavy atom. The van der Waals surface area contributed by atoms with Crippen LogP contribution in [0.5, 0.6) is 0 Å². The molecule has 0 aromatic heterocycles. The van der Waals surface area contributed by atoms with Gasteiger partial charge in [0.25, 0.3) is 0 Å². The first-order valence-electron chi connectivity index (χ1n) is 7.97. The fraction of sp³-hybridized carbons (Fsp3) is 0.412. The van der Waals surface area contributed by atoms with Crippen LogP contribution in [0.2, 0.25) is 10.0 Å². The minimum atomic E-state index is -0.666. The molecule has 1 aromatic carbocycles. The molecular weight excluding hydrogens is 367 g/mol. The van der Waals surface area contributed by atoms with Gasteiger partial charge in [0.05, 0.1) is 27.8 Å². The van der Waals surface area contributed by atoms with E-state index in [0.29, 0.717) is 33.5 Å². The molecule has 0 unspecified atom stereocenters. The number of amides is 2. The Morgan fingerprint density at radius 2 is 2.16 bits per heavy atom. The summed E-state index contributed by atoms with van der Waals surface area (Å²) in [5, 5.41) is 6.07. The second kappa shape index (κ2) is 7.64. The van der Waals surface area contributed by atoms with E-state index in [1.54, 1.807) is 25.1 Å². The lowest BCUT2D eigenvalue weighted by Crippen LogP contribution is -2.45. The van der Waals surface area contributed by atoms with E-state index in [-0.39, 0.29) is 12.7 Å². The molecule has 2 aliphatic rings. The lowest BCUT2D eigenvalue weighted by molar-refractivity contribution is -0.142. The van der Waals surface area contributed by atoms with Crippen LogP contribution in [-0.2, 0) is 14.3 Å². The van der Waals surface area contributed by atoms with Gasteiger partial charge >= 0.3 is 12.0 Å². The first-order chi connectivity index (χ1) is 12.0. The zero-order chi connectivity index (χ0) is 18.0. The van der Waals surface area contributed by atoms with Crippen LogP contribution < -0.4 is 10.6 Å². The Morgan fingerprint density at radius 3 is 2.84 bits per heavy atom. The molecule has 1 saturated heterocycles. The molecular formula is C17H18Cl2N2O4. The molecule has 0 aliphatic carbocycles. The maximum atomic E-state index is 12.6. The van der Waals surface area contributed by atoms with Crippen LogP contribution in [0.15, 0.2) is 29.5 Å². The summed E-state index contributed by atoms with van der Waals surface area (Å²) < 4.78 is 10.9. The number of nitrogens with one attached hydrogen (secondary N) is 2. The van der Waals surface area contributed by atoms with Gasteiger partial charge in [-0.25, -0.2) is 9.59 Å². The smallest absolute Gasteiger partial charge is 0.338 e. The van der Waals surface area contributed by atoms with Crippen molar-refractivity contribution in [2.45, 2.75) is 31.9 Å². The van der Waals surface area contributed by atoms with Crippen LogP contribution in [0.25, 0.3) is 0 Å². The van der Waals surface area contributed by atoms with E-state index in [4.69, 9.17) is 32.7 Å². The molecule has 2 atom stereocenters. The third kappa shape index (κ3) is 4.08. The van der Waals surface area contributed by atoms with E-state index >= 15 is 0 Å². The number of hydrogen-bond donors (Lipinski definition) is 2. The normalized spacial score (nSPS) is 23.2. The van der Waals surface area contributed by atoms with E-state index in [2.05, 4.69) is 10.6 Å². The van der Waals surface area contributed by atoms with Crippen LogP contribution in [0.1, 0.15) is 31.4 Å². The lowest BCUT2D eigenvalue weighted by atomic mass is 9.95. The molecule has 8 heteroatoms. The number of esters is 1. The second-order valence-corrected chi connectivity index (χ2v) is 6.79. The van der Waals surface area contributed by atoms with Gasteiger partial charge < -0.3 is 20.1 Å². The lowest BCUT2D eigenvalue weighted by Gasteiger charge is -2.28. The first kappa shape index (κ1) is 18.0. The highest BCUT2D eigenvalue weighted by Gasteiger charge is 2.33. The summed E-state index contributed by atoms with van der Waals surface area (Å²) in [5.41, 5.74) is 1.42. The average molecular weight is 385 g/mol. The predicted molar refractivity (Wildman–Crippen MR) is 93.5 cm³/mol. The Kier molecular flexibility index (Phi) is 5.51. The van der Waals surface area contributed by atoms with Gasteiger partial charge in [0.2, 0.25) is 0 Å². The Bertz CT molecular complexity index is 729. The summed E-state index contributed by atoms with van der Waals surface area (Å²) in [6, 6.07) is 3.90. The topological polar surface area (TPSA) is 76.7 Å². The van der Waals surface area contributed by atoms with Gasteiger partial charge in [-0.3, -0.25) is 0 Å². The minimum absolute atomic E-state index is 0.0700. The number of carbonyl (C=O) groups is 2. The fourth-order valence-electron chi connectivity index (χ4n) is 2.93. The molecule has 2 heterocycles. The summed E-state index contributed by atoms with van der Waals surface area (Å²) in [6.07, 6.45) is 1.77. The standard InChI is InChI=1S/C17H18Cl2N2O4/c1-9-14(16(22)25-8-11-3-2-6-24-11)15(21-17(23)20-9)10-4-5-12(18)13(19)7-10/h4-5,7,11,15H,2-3,6,8H2,1H3,(H2,20,21,23)/t11-,15-/m0/s1. The zero-order valence-electron chi connectivity index (χ0n) is 13.6. The highest BCUT2D eigenvalue weighted by Crippen LogP contribution is 2.32. The number of halogens is 2. The van der Waals surface area contributed by atoms with Gasteiger partial charge in [0, 0.05) is 12.3 Å². The summed E-state index contributed by atoms with van der Waals surface area (Å²) in [6.45, 7) is 2.54. The van der Waals surface area contributed by atoms with Gasteiger partial charge in [0.1, 0.15) is 6.61 Å². The number of benzene rings is 1. The van der Waals surface area contributed by atoms with Gasteiger partial charge in [-0.1, -0.05) is 29.3 Å². The Balaban J connectivity index is 1.83. The summed E-state index contributed by atoms with van der Waals surface area (Å²) in [5.74, 6) is -0.503. The van der Waals surface area contributed by atoms with E-state index in [1.807, 2.05) is 0 Å². The van der Waals surface area contributed by atoms with Gasteiger partial charge in [0.15, 0.2) is 0 Å². The van der Waals surface area contributed by atoms with Crippen LogP contribution in [0.3, 0.4) is 0 Å². The summed E-state index contributed by atoms with van der Waals surface area (Å²) in [7, 11) is 0. The quantitative estimate of drug-likeness (QED) is 0.780. The SMILES string of the molecule is CC1=C(C(=O)OC[C@@H]2CCCO2)[C@H](c2ccc(Cl)c(Cl)c2)NC(=O)N1. The molecule has 0 saturated carbocycles. The van der Waals surface area contributed by atoms with Gasteiger partial charge in [-0.05, 0) is 37.5 Å². The highest BCUT2D eigenvalue weighted by atomic mass is 35.5. The van der Waals surface area contributed by atoms with Crippen molar-refractivity contribution in [1.82, 2.24) is 10.6 Å². The van der Waals surface area contributed by atoms with Crippen molar-refractivity contribution >= 4 is 35.2 Å². The van der Waals surface area contributed by atoms with Crippen molar-refractivity contribution in [3.05, 3.63) is 45.1 Å². The van der Waals surface area contributed by atoms with E-state index in [0.717, 1.165) is 12.8 Å². The molecule has 6 nitrogen and oxygen atoms in total. The maximum Gasteiger partial charge on any atom is 0.338 e. The van der Waals surface area contributed by atoms with Crippen LogP contribution in [0.4, 0.5) is 4.79 Å². The molecule has 2 aliphatic heterocycles. The van der Waals surface area contributed by atoms with Gasteiger partial charge in [-0.2, -0.15) is 0 Å². The fourth-order valence-corrected chi connectivity index (χ4v) is 3.24. The van der Waals surface area contributed by atoms with Crippen molar-refractivity contribution in [3.63, 3.8) is 0 Å². The molecule has 1 aromatic rings. The second-order valence-electron chi connectivity index (χ2n) is 5.98. The van der Waals surface area contributed by atoms with Crippen LogP contribution in [0, 0.1) is 0 Å². The molecule has 2 N–H and O–H groups in total. The predicted octanol–water partition coefficient (Wildman–Crippen LogP) is 3.34. The number of ether oxygens (including phenoxy) is 2. The molecule has 25 heavy (non-hydrogen) atoms. The van der Waals surface area contributed by atoms with E-state index < -0.39 is 18.0 Å². The minimum Gasteiger partial charge on any atom is -0.459 e. The summed E-state index contributed by atoms with van der Waals surface area (Å²) in [4.78, 5) is 24.5. The van der Waals surface area contributed by atoms with E-state index in [1.165, 1.54) is 0 Å². The number of rotatable bonds is 4. The van der Waals surface area contributed by atoms with Crippen molar-refractivity contribution in [1.29, 1.82) is 0 Å². The molecule has 0 bridgehead atoms. The number of urea groups is 1. The molecule has 2 amide bonds. The highest BCUT2D eigenvalue weighted by molar-refractivity contribution is 6.42. The molecule has 0 radical (unpaired) electrons. The average Bonchev–Trinajstić information content (AvgIpc) is 3.08. The van der Waals surface area contributed by atoms with Crippen molar-refractivity contribution in [2.24, 2.45) is 0 Å². The molecule has 3 rings (SSSR count). The largest absolute Gasteiger partial charge is 0.459 e. The third-order valence-electron chi connectivity index (χ3n) is 4.19. The van der Waals surface area contributed by atoms with Crippen LogP contribution in [-0.4, -0.2) is 31.3 Å². The third-order valence-corrected chi connectivity index (χ3v) is 4.93. The number of allylic oxidation sites excluding steroid dienone is 1. The van der Waals surface area contributed by atoms with Crippen molar-refractivity contribution in [3.8, 4) is 0 Å². The Hall–Kier alpha value is -1.76. The van der Waals surface area contributed by atoms with Crippen molar-refractivity contribution in [2.75, 3.05) is 13.2 Å². The molecule has 134 valence electrons. The molecule has 0 spiro atoms. The maximum absolute atomic E-state index is 12.6. The number of carbonyl (C=O) groups excluding carboxylic acids is 2. The summed E-state index contributed by atoms with van der Waals surface area (Å²) >= 11 is 12.0. The Labute approximate surface area is 155 Å². The monoisotopic (exact) mass is 384 g/mol. The zero-order valence-corrected chi connectivity index (χ0v) is 15.1. The van der Waals surface area contributed by atoms with E-state index in [9.17, 15) is 9.59 Å². The van der Waals surface area contributed by atoms with Gasteiger partial charge in [-0.15, -0.1) is 0 Å². The first-order valence-corrected chi connectivity index (χ1v) is 8.73. The van der Waals surface area contributed by atoms with Crippen LogP contribution >= 0.6 is 23.2 Å². The number of hydrogen-bond acceptors (Lipinski definition) is 4. The molecule has 1 fully saturated rings.